The number of esters is 1. The molecule has 0 bridgehead atoms. The average molecular weight is 264 g/mol. The van der Waals surface area contributed by atoms with Gasteiger partial charge in [0.1, 0.15) is 11.6 Å². The number of nitrogens with zero attached hydrogens (tertiary/aromatic N) is 1. The Morgan fingerprint density at radius 3 is 2.94 bits per heavy atom. The number of hydrogen-bond acceptors (Lipinski definition) is 6. The van der Waals surface area contributed by atoms with Gasteiger partial charge in [-0.1, -0.05) is 0 Å². The van der Waals surface area contributed by atoms with Crippen molar-refractivity contribution in [2.75, 3.05) is 12.8 Å². The van der Waals surface area contributed by atoms with Crippen LogP contribution in [-0.4, -0.2) is 18.1 Å². The third-order valence-corrected chi connectivity index (χ3v) is 3.19. The molecule has 0 fully saturated rings. The van der Waals surface area contributed by atoms with Gasteiger partial charge in [-0.25, -0.2) is 9.78 Å². The van der Waals surface area contributed by atoms with Crippen LogP contribution in [0.1, 0.15) is 16.3 Å². The summed E-state index contributed by atoms with van der Waals surface area (Å²) in [5.41, 5.74) is 5.50. The largest absolute Gasteiger partial charge is 0.463 e. The minimum Gasteiger partial charge on any atom is -0.463 e. The van der Waals surface area contributed by atoms with Crippen molar-refractivity contribution in [1.82, 2.24) is 4.98 Å². The van der Waals surface area contributed by atoms with Crippen LogP contribution in [0.4, 0.5) is 5.82 Å². The second-order valence-corrected chi connectivity index (χ2v) is 4.51. The Bertz CT molecular complexity index is 537. The van der Waals surface area contributed by atoms with Crippen molar-refractivity contribution < 1.29 is 13.9 Å². The van der Waals surface area contributed by atoms with Crippen LogP contribution in [0.5, 0.6) is 0 Å². The van der Waals surface area contributed by atoms with Crippen LogP contribution < -0.4 is 5.73 Å². The second-order valence-electron chi connectivity index (χ2n) is 3.46. The fraction of sp³-hybridized carbons (Fsp3) is 0.167. The minimum absolute atomic E-state index is 0.212. The van der Waals surface area contributed by atoms with Gasteiger partial charge in [0.15, 0.2) is 0 Å². The Morgan fingerprint density at radius 2 is 2.28 bits per heavy atom. The highest BCUT2D eigenvalue weighted by molar-refractivity contribution is 7.98. The quantitative estimate of drug-likeness (QED) is 0.674. The van der Waals surface area contributed by atoms with Gasteiger partial charge in [-0.3, -0.25) is 0 Å². The Labute approximate surface area is 108 Å². The molecular weight excluding hydrogens is 252 g/mol. The topological polar surface area (TPSA) is 78.4 Å². The zero-order chi connectivity index (χ0) is 13.0. The highest BCUT2D eigenvalue weighted by Gasteiger charge is 2.11. The van der Waals surface area contributed by atoms with Gasteiger partial charge in [0.05, 0.1) is 12.9 Å². The Balaban J connectivity index is 1.96. The molecule has 2 aromatic heterocycles. The summed E-state index contributed by atoms with van der Waals surface area (Å²) >= 11 is 1.55. The number of nitrogens with two attached hydrogens (primary N) is 1. The molecule has 2 rings (SSSR count). The summed E-state index contributed by atoms with van der Waals surface area (Å²) < 4.78 is 9.90. The lowest BCUT2D eigenvalue weighted by atomic mass is 10.4. The fourth-order valence-electron chi connectivity index (χ4n) is 1.30. The zero-order valence-corrected chi connectivity index (χ0v) is 10.6. The van der Waals surface area contributed by atoms with E-state index in [1.165, 1.54) is 7.11 Å². The van der Waals surface area contributed by atoms with Gasteiger partial charge in [-0.15, -0.1) is 11.8 Å². The van der Waals surface area contributed by atoms with Gasteiger partial charge in [0.25, 0.3) is 0 Å². The molecule has 6 heteroatoms. The van der Waals surface area contributed by atoms with Gasteiger partial charge in [0.2, 0.25) is 5.76 Å². The normalized spacial score (nSPS) is 10.3. The number of carbonyl (C=O) groups is 1. The molecular formula is C12H12N2O3S. The van der Waals surface area contributed by atoms with Crippen molar-refractivity contribution >= 4 is 23.5 Å². The summed E-state index contributed by atoms with van der Waals surface area (Å²) in [4.78, 5) is 16.2. The summed E-state index contributed by atoms with van der Waals surface area (Å²) in [6.07, 6.45) is 1.70. The maximum Gasteiger partial charge on any atom is 0.373 e. The lowest BCUT2D eigenvalue weighted by molar-refractivity contribution is 0.0563. The predicted molar refractivity (Wildman–Crippen MR) is 68.3 cm³/mol. The highest BCUT2D eigenvalue weighted by atomic mass is 32.2. The van der Waals surface area contributed by atoms with E-state index < -0.39 is 5.97 Å². The van der Waals surface area contributed by atoms with E-state index in [0.29, 0.717) is 17.3 Å². The molecule has 2 aromatic rings. The van der Waals surface area contributed by atoms with E-state index in [9.17, 15) is 4.79 Å². The van der Waals surface area contributed by atoms with Crippen LogP contribution in [0, 0.1) is 0 Å². The molecule has 94 valence electrons. The molecule has 0 aromatic carbocycles. The summed E-state index contributed by atoms with van der Waals surface area (Å²) in [6.45, 7) is 0. The number of hydrogen-bond donors (Lipinski definition) is 1. The van der Waals surface area contributed by atoms with E-state index in [2.05, 4.69) is 9.72 Å². The maximum atomic E-state index is 11.2. The predicted octanol–water partition coefficient (Wildman–Crippen LogP) is 2.34. The number of anilines is 1. The smallest absolute Gasteiger partial charge is 0.373 e. The SMILES string of the molecule is COC(=O)c1ccc(CSc2ccc(N)nc2)o1. The number of thioether (sulfide) groups is 1. The Morgan fingerprint density at radius 1 is 1.44 bits per heavy atom. The van der Waals surface area contributed by atoms with Crippen molar-refractivity contribution in [2.45, 2.75) is 10.6 Å². The molecule has 0 saturated carbocycles. The monoisotopic (exact) mass is 264 g/mol. The van der Waals surface area contributed by atoms with Crippen LogP contribution >= 0.6 is 11.8 Å². The number of ether oxygens (including phenoxy) is 1. The first kappa shape index (κ1) is 12.5. The summed E-state index contributed by atoms with van der Waals surface area (Å²) in [5.74, 6) is 1.55. The van der Waals surface area contributed by atoms with Gasteiger partial charge >= 0.3 is 5.97 Å². The number of methoxy groups -OCH3 is 1. The number of rotatable bonds is 4. The van der Waals surface area contributed by atoms with Crippen LogP contribution in [-0.2, 0) is 10.5 Å². The van der Waals surface area contributed by atoms with Crippen LogP contribution in [0.25, 0.3) is 0 Å². The van der Waals surface area contributed by atoms with Crippen molar-refractivity contribution in [2.24, 2.45) is 0 Å². The van der Waals surface area contributed by atoms with Crippen molar-refractivity contribution in [3.05, 3.63) is 42.0 Å². The highest BCUT2D eigenvalue weighted by Crippen LogP contribution is 2.23. The molecule has 0 saturated heterocycles. The van der Waals surface area contributed by atoms with Gasteiger partial charge < -0.3 is 14.9 Å². The zero-order valence-electron chi connectivity index (χ0n) is 9.75. The molecule has 18 heavy (non-hydrogen) atoms. The number of nitrogen functional groups attached to an aromatic ring is 1. The summed E-state index contributed by atoms with van der Waals surface area (Å²) in [7, 11) is 1.32. The Kier molecular flexibility index (Phi) is 3.88. The van der Waals surface area contributed by atoms with Crippen LogP contribution in [0.15, 0.2) is 39.8 Å². The second kappa shape index (κ2) is 5.59. The summed E-state index contributed by atoms with van der Waals surface area (Å²) in [6, 6.07) is 6.98. The standard InChI is InChI=1S/C12H12N2O3S/c1-16-12(15)10-4-2-8(17-10)7-18-9-3-5-11(13)14-6-9/h2-6H,7H2,1H3,(H2,13,14). The van der Waals surface area contributed by atoms with Crippen LogP contribution in [0.3, 0.4) is 0 Å². The summed E-state index contributed by atoms with van der Waals surface area (Å²) in [5, 5.41) is 0. The van der Waals surface area contributed by atoms with E-state index in [-0.39, 0.29) is 5.76 Å². The van der Waals surface area contributed by atoms with E-state index in [4.69, 9.17) is 10.2 Å². The molecule has 0 spiro atoms. The number of carbonyl (C=O) groups excluding carboxylic acids is 1. The molecule has 0 aliphatic rings. The molecule has 0 atom stereocenters. The first-order valence-corrected chi connectivity index (χ1v) is 6.19. The molecule has 2 heterocycles. The molecule has 0 aliphatic heterocycles. The van der Waals surface area contributed by atoms with Crippen LogP contribution in [0.2, 0.25) is 0 Å². The molecule has 0 aliphatic carbocycles. The maximum absolute atomic E-state index is 11.2. The molecule has 2 N–H and O–H groups in total. The fourth-order valence-corrected chi connectivity index (χ4v) is 2.05. The third-order valence-electron chi connectivity index (χ3n) is 2.19. The number of furan rings is 1. The molecule has 5 nitrogen and oxygen atoms in total. The Hall–Kier alpha value is -1.95. The lowest BCUT2D eigenvalue weighted by Gasteiger charge is -1.99. The van der Waals surface area contributed by atoms with Crippen molar-refractivity contribution in [3.8, 4) is 0 Å². The van der Waals surface area contributed by atoms with Gasteiger partial charge in [-0.2, -0.15) is 0 Å². The lowest BCUT2D eigenvalue weighted by Crippen LogP contribution is -1.98. The first-order chi connectivity index (χ1) is 8.69. The van der Waals surface area contributed by atoms with E-state index in [1.807, 2.05) is 6.07 Å². The van der Waals surface area contributed by atoms with Gasteiger partial charge in [-0.05, 0) is 24.3 Å². The van der Waals surface area contributed by atoms with Crippen molar-refractivity contribution in [1.29, 1.82) is 0 Å². The number of aromatic nitrogens is 1. The molecule has 0 radical (unpaired) electrons. The average Bonchev–Trinajstić information content (AvgIpc) is 2.86. The minimum atomic E-state index is -0.472. The number of pyridine rings is 1. The molecule has 0 amide bonds. The van der Waals surface area contributed by atoms with E-state index in [0.717, 1.165) is 4.90 Å². The first-order valence-electron chi connectivity index (χ1n) is 5.20. The van der Waals surface area contributed by atoms with E-state index >= 15 is 0 Å². The third kappa shape index (κ3) is 3.04. The molecule has 0 unspecified atom stereocenters. The van der Waals surface area contributed by atoms with Crippen molar-refractivity contribution in [3.63, 3.8) is 0 Å². The van der Waals surface area contributed by atoms with Gasteiger partial charge in [0, 0.05) is 11.1 Å². The van der Waals surface area contributed by atoms with E-state index in [1.54, 1.807) is 36.2 Å².